The second-order valence-corrected chi connectivity index (χ2v) is 43.5. The molecule has 22 heteroatoms. The molecular formula is C88H160N12O10. The van der Waals surface area contributed by atoms with Crippen molar-refractivity contribution in [2.45, 2.75) is 374 Å². The Morgan fingerprint density at radius 2 is 0.455 bits per heavy atom. The summed E-state index contributed by atoms with van der Waals surface area (Å²) in [6.07, 6.45) is 20.7. The number of amides is 10. The molecule has 0 bridgehead atoms. The highest BCUT2D eigenvalue weighted by molar-refractivity contribution is 5.81. The Morgan fingerprint density at radius 3 is 0.627 bits per heavy atom. The average molecular weight is 1550 g/mol. The van der Waals surface area contributed by atoms with Crippen molar-refractivity contribution >= 4 is 59.1 Å². The molecule has 0 aromatic rings. The van der Waals surface area contributed by atoms with Crippen LogP contribution in [0.4, 0.5) is 24.0 Å². The van der Waals surface area contributed by atoms with Gasteiger partial charge in [0.1, 0.15) is 28.9 Å². The summed E-state index contributed by atoms with van der Waals surface area (Å²) in [6.45, 7) is 47.7. The molecule has 110 heavy (non-hydrogen) atoms. The van der Waals surface area contributed by atoms with Gasteiger partial charge in [-0.3, -0.25) is 24.0 Å². The number of ketones is 5. The van der Waals surface area contributed by atoms with Crippen molar-refractivity contribution in [2.24, 2.45) is 95.2 Å². The van der Waals surface area contributed by atoms with Gasteiger partial charge >= 0.3 is 30.2 Å². The van der Waals surface area contributed by atoms with E-state index in [-0.39, 0.29) is 179 Å². The molecule has 0 aromatic carbocycles. The Kier molecular flexibility index (Phi) is 35.3. The number of Topliss-reactive ketones (excluding diaryl/α,β-unsaturated/α-hetero) is 5. The molecule has 632 valence electrons. The lowest BCUT2D eigenvalue weighted by atomic mass is 9.61. The fraction of sp³-hybridized carbons (Fsp3) is 0.886. The Labute approximate surface area is 665 Å². The first kappa shape index (κ1) is 95.2. The van der Waals surface area contributed by atoms with E-state index in [1.54, 1.807) is 0 Å². The molecule has 0 aliphatic heterocycles. The fourth-order valence-electron chi connectivity index (χ4n) is 22.2. The van der Waals surface area contributed by atoms with Gasteiger partial charge in [0.15, 0.2) is 0 Å². The molecule has 0 saturated heterocycles. The Morgan fingerprint density at radius 1 is 0.282 bits per heavy atom. The van der Waals surface area contributed by atoms with Gasteiger partial charge in [0.25, 0.3) is 0 Å². The van der Waals surface area contributed by atoms with E-state index in [1.807, 2.05) is 41.5 Å². The van der Waals surface area contributed by atoms with Gasteiger partial charge in [0.05, 0.1) is 0 Å². The third-order valence-corrected chi connectivity index (χ3v) is 25.2. The summed E-state index contributed by atoms with van der Waals surface area (Å²) in [7, 11) is 0. The minimum atomic E-state index is -0.253. The number of nitrogens with two attached hydrogens (primary N) is 2. The largest absolute Gasteiger partial charge is 0.338 e. The molecule has 5 aliphatic rings. The maximum absolute atomic E-state index is 13.6. The summed E-state index contributed by atoms with van der Waals surface area (Å²) in [5.41, 5.74) is 10.8. The van der Waals surface area contributed by atoms with Crippen LogP contribution in [0.1, 0.15) is 338 Å². The van der Waals surface area contributed by atoms with Gasteiger partial charge in [0.2, 0.25) is 0 Å². The fourth-order valence-corrected chi connectivity index (χ4v) is 22.2. The summed E-state index contributed by atoms with van der Waals surface area (Å²) in [4.78, 5) is 133. The quantitative estimate of drug-likeness (QED) is 0.0272. The van der Waals surface area contributed by atoms with E-state index in [0.29, 0.717) is 123 Å². The predicted molar refractivity (Wildman–Crippen MR) is 443 cm³/mol. The number of carbonyl (C=O) groups excluding carboxylic acids is 10. The third kappa shape index (κ3) is 36.0. The molecular weight excluding hydrogens is 1390 g/mol. The van der Waals surface area contributed by atoms with Gasteiger partial charge in [-0.2, -0.15) is 0 Å². The van der Waals surface area contributed by atoms with Crippen LogP contribution in [0.2, 0.25) is 0 Å². The summed E-state index contributed by atoms with van der Waals surface area (Å²) < 4.78 is 0. The molecule has 0 radical (unpaired) electrons. The molecule has 0 heterocycles. The zero-order valence-electron chi connectivity index (χ0n) is 73.0. The van der Waals surface area contributed by atoms with E-state index in [0.717, 1.165) is 109 Å². The monoisotopic (exact) mass is 1550 g/mol. The van der Waals surface area contributed by atoms with Crippen molar-refractivity contribution < 1.29 is 47.9 Å². The van der Waals surface area contributed by atoms with E-state index in [1.165, 1.54) is 0 Å². The van der Waals surface area contributed by atoms with Gasteiger partial charge < -0.3 is 64.6 Å². The highest BCUT2D eigenvalue weighted by atomic mass is 16.2. The smallest absolute Gasteiger partial charge is 0.315 e. The molecule has 0 spiro atoms. The SMILES string of the molecule is CC(N)CNC(=O)NC1CC(C)(C)CC(C)(CCC(=O)CC(C)CNC(=O)NC2CC(C)(C)CC(C)(CCC(=O)CC(C)CNC(=O)NC3CC(C)(C)CC(C)(CCC(=O)CC(C)CNC(=O)NC4CC(C)(C)CC(C)(CCC(=O)CC(C)CNC(=O)NC5CC(C)(C)CC(C)(CCC(=O)CC(C)CN)C5)C4)C3)C2)C1. The maximum Gasteiger partial charge on any atom is 0.315 e. The molecule has 16 atom stereocenters. The zero-order chi connectivity index (χ0) is 82.7. The maximum atomic E-state index is 13.6. The highest BCUT2D eigenvalue weighted by Crippen LogP contribution is 2.53. The zero-order valence-corrected chi connectivity index (χ0v) is 73.0. The molecule has 14 N–H and O–H groups in total. The first-order valence-electron chi connectivity index (χ1n) is 42.9. The second-order valence-electron chi connectivity index (χ2n) is 43.5. The van der Waals surface area contributed by atoms with E-state index < -0.39 is 0 Å². The van der Waals surface area contributed by atoms with Gasteiger partial charge in [0, 0.05) is 133 Å². The van der Waals surface area contributed by atoms with Crippen molar-refractivity contribution in [3.63, 3.8) is 0 Å². The standard InChI is InChI=1S/C88H160N12O10/c1-58(47-89)32-69(101)22-27-84(17)42-64(37-79(7,8)53-84)96-74(106)91-48-59(2)33-70(102)23-28-85(18)43-65(38-80(9,10)54-85)97-75(107)92-49-60(3)34-71(103)24-29-86(19)44-66(39-81(11,12)55-86)98-76(108)93-50-61(4)35-72(104)25-30-87(20)45-67(40-82(13,14)56-87)99-77(109)94-51-62(5)36-73(105)26-31-88(21)46-68(41-83(15,16)57-88)100-78(110)95-52-63(6)90/h58-68H,22-57,89-90H2,1-21H3,(H2,91,96,106)(H2,92,97,107)(H2,93,98,108)(H2,94,99,109)(H2,95,100,110). The first-order chi connectivity index (χ1) is 50.6. The van der Waals surface area contributed by atoms with Crippen molar-refractivity contribution in [3.05, 3.63) is 0 Å². The van der Waals surface area contributed by atoms with Crippen molar-refractivity contribution in [1.82, 2.24) is 53.2 Å². The predicted octanol–water partition coefficient (Wildman–Crippen LogP) is 15.6. The van der Waals surface area contributed by atoms with Crippen LogP contribution in [-0.2, 0) is 24.0 Å². The normalized spacial score (nSPS) is 29.7. The summed E-state index contributed by atoms with van der Waals surface area (Å²) in [5.74, 6) is 0.896. The Hall–Kier alpha value is -5.38. The van der Waals surface area contributed by atoms with Crippen LogP contribution in [0.3, 0.4) is 0 Å². The van der Waals surface area contributed by atoms with E-state index in [9.17, 15) is 47.9 Å². The number of hydrogen-bond acceptors (Lipinski definition) is 12. The molecule has 5 aliphatic carbocycles. The van der Waals surface area contributed by atoms with Crippen molar-refractivity contribution in [1.29, 1.82) is 0 Å². The number of hydrogen-bond donors (Lipinski definition) is 12. The summed E-state index contributed by atoms with van der Waals surface area (Å²) in [5, 5.41) is 31.2. The van der Waals surface area contributed by atoms with Crippen LogP contribution in [-0.4, -0.2) is 135 Å². The van der Waals surface area contributed by atoms with Crippen molar-refractivity contribution in [3.8, 4) is 0 Å². The second kappa shape index (κ2) is 40.8. The molecule has 10 amide bonds. The highest BCUT2D eigenvalue weighted by Gasteiger charge is 2.47. The molecule has 5 saturated carbocycles. The minimum Gasteiger partial charge on any atom is -0.338 e. The lowest BCUT2D eigenvalue weighted by molar-refractivity contribution is -0.121. The van der Waals surface area contributed by atoms with Crippen LogP contribution < -0.4 is 64.6 Å². The third-order valence-electron chi connectivity index (χ3n) is 25.2. The molecule has 5 rings (SSSR count). The number of carbonyl (C=O) groups is 10. The lowest BCUT2D eigenvalue weighted by Gasteiger charge is -2.47. The topological polar surface area (TPSA) is 343 Å². The van der Waals surface area contributed by atoms with E-state index in [2.05, 4.69) is 157 Å². The number of urea groups is 5. The Bertz CT molecular complexity index is 3080. The minimum absolute atomic E-state index is 0.00979. The van der Waals surface area contributed by atoms with Crippen LogP contribution in [0.25, 0.3) is 0 Å². The number of nitrogens with one attached hydrogen (secondary N) is 10. The van der Waals surface area contributed by atoms with Gasteiger partial charge in [-0.1, -0.05) is 138 Å². The summed E-state index contributed by atoms with van der Waals surface area (Å²) in [6, 6.07) is -1.53. The average Bonchev–Trinajstić information content (AvgIpc) is 0.825. The van der Waals surface area contributed by atoms with E-state index >= 15 is 0 Å². The summed E-state index contributed by atoms with van der Waals surface area (Å²) >= 11 is 0. The van der Waals surface area contributed by atoms with Crippen LogP contribution >= 0.6 is 0 Å². The lowest BCUT2D eigenvalue weighted by Crippen LogP contribution is -2.51. The van der Waals surface area contributed by atoms with Crippen LogP contribution in [0, 0.1) is 83.7 Å². The molecule has 5 fully saturated rings. The first-order valence-corrected chi connectivity index (χ1v) is 42.9. The van der Waals surface area contributed by atoms with Gasteiger partial charge in [-0.25, -0.2) is 24.0 Å². The van der Waals surface area contributed by atoms with Gasteiger partial charge in [-0.15, -0.1) is 0 Å². The van der Waals surface area contributed by atoms with Gasteiger partial charge in [-0.05, 0) is 226 Å². The van der Waals surface area contributed by atoms with Crippen LogP contribution in [0.5, 0.6) is 0 Å². The van der Waals surface area contributed by atoms with Crippen LogP contribution in [0.15, 0.2) is 0 Å². The number of rotatable bonds is 41. The molecule has 22 nitrogen and oxygen atoms in total. The molecule has 0 aromatic heterocycles. The Balaban J connectivity index is 0.953. The van der Waals surface area contributed by atoms with Crippen molar-refractivity contribution in [2.75, 3.05) is 39.3 Å². The molecule has 16 unspecified atom stereocenters. The van der Waals surface area contributed by atoms with E-state index in [4.69, 9.17) is 11.5 Å².